The highest BCUT2D eigenvalue weighted by Gasteiger charge is 2.19. The summed E-state index contributed by atoms with van der Waals surface area (Å²) in [6.45, 7) is 0.670. The van der Waals surface area contributed by atoms with E-state index in [1.165, 1.54) is 15.6 Å². The normalized spacial score (nSPS) is 17.4. The highest BCUT2D eigenvalue weighted by molar-refractivity contribution is 7.17. The maximum Gasteiger partial charge on any atom is 0.133 e. The minimum Gasteiger partial charge on any atom is -0.373 e. The molecule has 1 aliphatic rings. The maximum atomic E-state index is 11.2. The largest absolute Gasteiger partial charge is 0.373 e. The van der Waals surface area contributed by atoms with Gasteiger partial charge in [-0.2, -0.15) is 0 Å². The quantitative estimate of drug-likeness (QED) is 0.835. The van der Waals surface area contributed by atoms with Crippen LogP contribution in [-0.4, -0.2) is 11.9 Å². The standard InChI is InChI=1S/C15H16O2S/c16-12-5-7-13(8-6-12)17-9-11-10-18-15-4-2-1-3-14(11)15/h1-4,10,13H,5-9H2. The van der Waals surface area contributed by atoms with Crippen LogP contribution in [0.1, 0.15) is 31.2 Å². The fourth-order valence-electron chi connectivity index (χ4n) is 2.43. The zero-order valence-corrected chi connectivity index (χ0v) is 11.0. The summed E-state index contributed by atoms with van der Waals surface area (Å²) >= 11 is 1.77. The summed E-state index contributed by atoms with van der Waals surface area (Å²) in [5.41, 5.74) is 1.27. The van der Waals surface area contributed by atoms with Crippen LogP contribution in [0.2, 0.25) is 0 Å². The second kappa shape index (κ2) is 5.21. The monoisotopic (exact) mass is 260 g/mol. The van der Waals surface area contributed by atoms with Crippen molar-refractivity contribution >= 4 is 27.2 Å². The van der Waals surface area contributed by atoms with E-state index < -0.39 is 0 Å². The van der Waals surface area contributed by atoms with Gasteiger partial charge in [-0.15, -0.1) is 11.3 Å². The van der Waals surface area contributed by atoms with Gasteiger partial charge < -0.3 is 4.74 Å². The van der Waals surface area contributed by atoms with Crippen LogP contribution in [0.15, 0.2) is 29.6 Å². The highest BCUT2D eigenvalue weighted by atomic mass is 32.1. The van der Waals surface area contributed by atoms with Gasteiger partial charge in [0, 0.05) is 17.5 Å². The summed E-state index contributed by atoms with van der Waals surface area (Å²) in [6, 6.07) is 8.42. The van der Waals surface area contributed by atoms with Crippen LogP contribution in [0.5, 0.6) is 0 Å². The van der Waals surface area contributed by atoms with Crippen molar-refractivity contribution in [2.45, 2.75) is 38.4 Å². The number of rotatable bonds is 3. The van der Waals surface area contributed by atoms with Gasteiger partial charge in [0.05, 0.1) is 12.7 Å². The van der Waals surface area contributed by atoms with Crippen molar-refractivity contribution in [1.82, 2.24) is 0 Å². The molecule has 0 unspecified atom stereocenters. The number of carbonyl (C=O) groups is 1. The van der Waals surface area contributed by atoms with Gasteiger partial charge in [-0.05, 0) is 35.2 Å². The molecule has 0 radical (unpaired) electrons. The van der Waals surface area contributed by atoms with E-state index in [2.05, 4.69) is 29.6 Å². The van der Waals surface area contributed by atoms with Crippen LogP contribution in [0.4, 0.5) is 0 Å². The molecule has 1 heterocycles. The molecule has 3 rings (SSSR count). The molecule has 18 heavy (non-hydrogen) atoms. The SMILES string of the molecule is O=C1CCC(OCc2csc3ccccc23)CC1. The van der Waals surface area contributed by atoms with E-state index >= 15 is 0 Å². The number of carbonyl (C=O) groups excluding carboxylic acids is 1. The summed E-state index contributed by atoms with van der Waals surface area (Å²) in [6.07, 6.45) is 3.42. The van der Waals surface area contributed by atoms with Gasteiger partial charge in [-0.25, -0.2) is 0 Å². The lowest BCUT2D eigenvalue weighted by atomic mass is 9.96. The molecule has 0 spiro atoms. The Bertz CT molecular complexity index is 548. The third kappa shape index (κ3) is 2.47. The van der Waals surface area contributed by atoms with Crippen molar-refractivity contribution in [3.05, 3.63) is 35.2 Å². The Morgan fingerprint density at radius 2 is 2.00 bits per heavy atom. The van der Waals surface area contributed by atoms with Gasteiger partial charge in [0.1, 0.15) is 5.78 Å². The van der Waals surface area contributed by atoms with E-state index in [-0.39, 0.29) is 6.10 Å². The first-order chi connectivity index (χ1) is 8.83. The van der Waals surface area contributed by atoms with E-state index in [4.69, 9.17) is 4.74 Å². The van der Waals surface area contributed by atoms with Crippen molar-refractivity contribution in [2.75, 3.05) is 0 Å². The number of fused-ring (bicyclic) bond motifs is 1. The summed E-state index contributed by atoms with van der Waals surface area (Å²) in [4.78, 5) is 11.2. The smallest absolute Gasteiger partial charge is 0.133 e. The summed E-state index contributed by atoms with van der Waals surface area (Å²) in [7, 11) is 0. The van der Waals surface area contributed by atoms with Crippen molar-refractivity contribution in [2.24, 2.45) is 0 Å². The van der Waals surface area contributed by atoms with E-state index in [9.17, 15) is 4.79 Å². The molecule has 1 saturated carbocycles. The number of ketones is 1. The second-order valence-corrected chi connectivity index (χ2v) is 5.72. The number of hydrogen-bond donors (Lipinski definition) is 0. The first-order valence-corrected chi connectivity index (χ1v) is 7.29. The van der Waals surface area contributed by atoms with Gasteiger partial charge in [-0.3, -0.25) is 4.79 Å². The lowest BCUT2D eigenvalue weighted by molar-refractivity contribution is -0.123. The molecule has 2 nitrogen and oxygen atoms in total. The fourth-order valence-corrected chi connectivity index (χ4v) is 3.38. The molecule has 0 amide bonds. The third-order valence-electron chi connectivity index (χ3n) is 3.53. The van der Waals surface area contributed by atoms with Gasteiger partial charge in [0.2, 0.25) is 0 Å². The van der Waals surface area contributed by atoms with E-state index in [1.54, 1.807) is 11.3 Å². The third-order valence-corrected chi connectivity index (χ3v) is 4.54. The molecule has 0 bridgehead atoms. The minimum absolute atomic E-state index is 0.265. The maximum absolute atomic E-state index is 11.2. The van der Waals surface area contributed by atoms with Crippen LogP contribution in [0.3, 0.4) is 0 Å². The Kier molecular flexibility index (Phi) is 3.43. The van der Waals surface area contributed by atoms with Crippen LogP contribution < -0.4 is 0 Å². The molecule has 94 valence electrons. The van der Waals surface area contributed by atoms with Gasteiger partial charge >= 0.3 is 0 Å². The fraction of sp³-hybridized carbons (Fsp3) is 0.400. The van der Waals surface area contributed by atoms with Crippen molar-refractivity contribution in [3.63, 3.8) is 0 Å². The zero-order valence-electron chi connectivity index (χ0n) is 10.2. The van der Waals surface area contributed by atoms with Crippen molar-refractivity contribution < 1.29 is 9.53 Å². The first-order valence-electron chi connectivity index (χ1n) is 6.41. The molecule has 0 aliphatic heterocycles. The Morgan fingerprint density at radius 1 is 1.22 bits per heavy atom. The first kappa shape index (κ1) is 11.9. The van der Waals surface area contributed by atoms with Crippen molar-refractivity contribution in [1.29, 1.82) is 0 Å². The average molecular weight is 260 g/mol. The highest BCUT2D eigenvalue weighted by Crippen LogP contribution is 2.27. The number of ether oxygens (including phenoxy) is 1. The predicted octanol–water partition coefficient (Wildman–Crippen LogP) is 3.93. The molecule has 3 heteroatoms. The van der Waals surface area contributed by atoms with Crippen LogP contribution in [-0.2, 0) is 16.1 Å². The lowest BCUT2D eigenvalue weighted by Gasteiger charge is -2.21. The molecule has 1 aliphatic carbocycles. The Hall–Kier alpha value is -1.19. The number of thiophene rings is 1. The molecule has 2 aromatic rings. The number of hydrogen-bond acceptors (Lipinski definition) is 3. The topological polar surface area (TPSA) is 26.3 Å². The average Bonchev–Trinajstić information content (AvgIpc) is 2.82. The van der Waals surface area contributed by atoms with Gasteiger partial charge in [0.25, 0.3) is 0 Å². The van der Waals surface area contributed by atoms with Crippen LogP contribution >= 0.6 is 11.3 Å². The lowest BCUT2D eigenvalue weighted by Crippen LogP contribution is -2.21. The Labute approximate surface area is 111 Å². The molecule has 1 aromatic heterocycles. The summed E-state index contributed by atoms with van der Waals surface area (Å²) in [5, 5.41) is 3.48. The zero-order chi connectivity index (χ0) is 12.4. The van der Waals surface area contributed by atoms with E-state index in [0.29, 0.717) is 25.2 Å². The molecule has 0 N–H and O–H groups in total. The summed E-state index contributed by atoms with van der Waals surface area (Å²) in [5.74, 6) is 0.385. The number of Topliss-reactive ketones (excluding diaryl/α,β-unsaturated/α-hetero) is 1. The number of benzene rings is 1. The predicted molar refractivity (Wildman–Crippen MR) is 73.9 cm³/mol. The molecule has 1 fully saturated rings. The van der Waals surface area contributed by atoms with Gasteiger partial charge in [-0.1, -0.05) is 18.2 Å². The van der Waals surface area contributed by atoms with Crippen molar-refractivity contribution in [3.8, 4) is 0 Å². The molecule has 0 saturated heterocycles. The van der Waals surface area contributed by atoms with Gasteiger partial charge in [0.15, 0.2) is 0 Å². The second-order valence-electron chi connectivity index (χ2n) is 4.81. The Morgan fingerprint density at radius 3 is 2.83 bits per heavy atom. The van der Waals surface area contributed by atoms with Crippen LogP contribution in [0, 0.1) is 0 Å². The minimum atomic E-state index is 0.265. The molecular weight excluding hydrogens is 244 g/mol. The molecule has 0 atom stereocenters. The van der Waals surface area contributed by atoms with E-state index in [1.807, 2.05) is 0 Å². The Balaban J connectivity index is 1.64. The molecule has 1 aromatic carbocycles. The summed E-state index contributed by atoms with van der Waals surface area (Å²) < 4.78 is 7.25. The van der Waals surface area contributed by atoms with E-state index in [0.717, 1.165) is 12.8 Å². The van der Waals surface area contributed by atoms with Crippen LogP contribution in [0.25, 0.3) is 10.1 Å². The molecular formula is C15H16O2S.